The van der Waals surface area contributed by atoms with Crippen molar-refractivity contribution in [3.8, 4) is 11.8 Å². The third-order valence-corrected chi connectivity index (χ3v) is 2.82. The summed E-state index contributed by atoms with van der Waals surface area (Å²) in [6, 6.07) is 11.4. The highest BCUT2D eigenvalue weighted by Crippen LogP contribution is 2.24. The van der Waals surface area contributed by atoms with Crippen LogP contribution in [0.25, 0.3) is 0 Å². The molecule has 0 saturated carbocycles. The monoisotopic (exact) mass is 268 g/mol. The minimum absolute atomic E-state index is 0.366. The summed E-state index contributed by atoms with van der Waals surface area (Å²) in [4.78, 5) is 10.3. The van der Waals surface area contributed by atoms with E-state index < -0.39 is 0 Å². The van der Waals surface area contributed by atoms with Gasteiger partial charge in [0.15, 0.2) is 0 Å². The molecule has 0 amide bonds. The molecule has 1 aromatic carbocycles. The molecule has 20 heavy (non-hydrogen) atoms. The second kappa shape index (κ2) is 6.02. The van der Waals surface area contributed by atoms with Gasteiger partial charge in [-0.3, -0.25) is 0 Å². The van der Waals surface area contributed by atoms with Crippen LogP contribution in [0, 0.1) is 18.3 Å². The molecular formula is C15H16N4O. The first-order valence-electron chi connectivity index (χ1n) is 6.36. The molecule has 1 heterocycles. The number of aryl methyl sites for hydroxylation is 1. The predicted molar refractivity (Wildman–Crippen MR) is 77.2 cm³/mol. The number of hydrogen-bond acceptors (Lipinski definition) is 5. The lowest BCUT2D eigenvalue weighted by Gasteiger charge is -2.19. The molecule has 0 aliphatic heterocycles. The lowest BCUT2D eigenvalue weighted by molar-refractivity contribution is 0.340. The number of nitriles is 1. The summed E-state index contributed by atoms with van der Waals surface area (Å²) in [5.74, 6) is 2.11. The van der Waals surface area contributed by atoms with Gasteiger partial charge in [0.2, 0.25) is 0 Å². The first-order chi connectivity index (χ1) is 9.63. The molecule has 0 spiro atoms. The molecule has 0 atom stereocenters. The van der Waals surface area contributed by atoms with Crippen molar-refractivity contribution in [1.29, 1.82) is 5.26 Å². The fourth-order valence-corrected chi connectivity index (χ4v) is 1.85. The maximum absolute atomic E-state index is 8.96. The second-order valence-electron chi connectivity index (χ2n) is 4.26. The van der Waals surface area contributed by atoms with Crippen LogP contribution in [0.5, 0.6) is 5.75 Å². The van der Waals surface area contributed by atoms with E-state index in [9.17, 15) is 0 Å². The molecule has 1 aromatic heterocycles. The Balaban J connectivity index is 2.28. The molecule has 5 heteroatoms. The summed E-state index contributed by atoms with van der Waals surface area (Å²) < 4.78 is 5.41. The van der Waals surface area contributed by atoms with Crippen molar-refractivity contribution in [3.63, 3.8) is 0 Å². The Kier molecular flexibility index (Phi) is 4.16. The van der Waals surface area contributed by atoms with Crippen molar-refractivity contribution in [2.75, 3.05) is 18.6 Å². The zero-order valence-corrected chi connectivity index (χ0v) is 11.8. The molecule has 0 aliphatic carbocycles. The van der Waals surface area contributed by atoms with Gasteiger partial charge >= 0.3 is 0 Å². The van der Waals surface area contributed by atoms with Gasteiger partial charge < -0.3 is 9.64 Å². The van der Waals surface area contributed by atoms with Crippen molar-refractivity contribution >= 4 is 11.5 Å². The van der Waals surface area contributed by atoms with Crippen LogP contribution < -0.4 is 9.64 Å². The molecule has 0 saturated heterocycles. The molecule has 0 bridgehead atoms. The van der Waals surface area contributed by atoms with E-state index in [4.69, 9.17) is 10.00 Å². The van der Waals surface area contributed by atoms with Crippen LogP contribution in [0.2, 0.25) is 0 Å². The summed E-state index contributed by atoms with van der Waals surface area (Å²) in [5, 5.41) is 8.96. The molecule has 2 rings (SSSR count). The van der Waals surface area contributed by atoms with Crippen molar-refractivity contribution in [1.82, 2.24) is 9.97 Å². The van der Waals surface area contributed by atoms with Crippen molar-refractivity contribution in [2.24, 2.45) is 0 Å². The summed E-state index contributed by atoms with van der Waals surface area (Å²) in [5.41, 5.74) is 1.33. The quantitative estimate of drug-likeness (QED) is 0.853. The summed E-state index contributed by atoms with van der Waals surface area (Å²) in [6.07, 6.45) is 0. The standard InChI is InChI=1S/C15H16N4O/c1-4-20-14-7-5-13(6-8-14)19(3)15-9-12(10-16)17-11(2)18-15/h5-9H,4H2,1-3H3. The molecule has 0 N–H and O–H groups in total. The Bertz CT molecular complexity index is 631. The van der Waals surface area contributed by atoms with Crippen LogP contribution >= 0.6 is 0 Å². The van der Waals surface area contributed by atoms with Crippen molar-refractivity contribution < 1.29 is 4.74 Å². The zero-order valence-electron chi connectivity index (χ0n) is 11.8. The fraction of sp³-hybridized carbons (Fsp3) is 0.267. The zero-order chi connectivity index (χ0) is 14.5. The Labute approximate surface area is 118 Å². The Hall–Kier alpha value is -2.61. The molecule has 0 radical (unpaired) electrons. The maximum Gasteiger partial charge on any atom is 0.146 e. The van der Waals surface area contributed by atoms with E-state index in [1.807, 2.05) is 49.2 Å². The Morgan fingerprint density at radius 3 is 2.55 bits per heavy atom. The first kappa shape index (κ1) is 13.8. The number of benzene rings is 1. The van der Waals surface area contributed by atoms with Gasteiger partial charge in [-0.2, -0.15) is 5.26 Å². The number of hydrogen-bond donors (Lipinski definition) is 0. The summed E-state index contributed by atoms with van der Waals surface area (Å²) in [6.45, 7) is 4.37. The molecule has 0 aliphatic rings. The highest BCUT2D eigenvalue weighted by atomic mass is 16.5. The third kappa shape index (κ3) is 3.04. The molecule has 5 nitrogen and oxygen atoms in total. The van der Waals surface area contributed by atoms with Gasteiger partial charge in [0, 0.05) is 18.8 Å². The van der Waals surface area contributed by atoms with Crippen molar-refractivity contribution in [2.45, 2.75) is 13.8 Å². The normalized spacial score (nSPS) is 9.90. The number of ether oxygens (including phenoxy) is 1. The minimum Gasteiger partial charge on any atom is -0.494 e. The average molecular weight is 268 g/mol. The smallest absolute Gasteiger partial charge is 0.146 e. The first-order valence-corrected chi connectivity index (χ1v) is 6.36. The molecule has 102 valence electrons. The van der Waals surface area contributed by atoms with Gasteiger partial charge in [-0.1, -0.05) is 0 Å². The van der Waals surface area contributed by atoms with Gasteiger partial charge in [-0.25, -0.2) is 9.97 Å². The van der Waals surface area contributed by atoms with Gasteiger partial charge in [-0.05, 0) is 38.1 Å². The van der Waals surface area contributed by atoms with Crippen LogP contribution in [0.15, 0.2) is 30.3 Å². The van der Waals surface area contributed by atoms with E-state index in [1.54, 1.807) is 13.0 Å². The summed E-state index contributed by atoms with van der Waals surface area (Å²) >= 11 is 0. The lowest BCUT2D eigenvalue weighted by atomic mass is 10.2. The molecule has 0 unspecified atom stereocenters. The molecule has 0 fully saturated rings. The van der Waals surface area contributed by atoms with Crippen LogP contribution in [0.1, 0.15) is 18.4 Å². The van der Waals surface area contributed by atoms with E-state index in [-0.39, 0.29) is 0 Å². The lowest BCUT2D eigenvalue weighted by Crippen LogP contribution is -2.12. The van der Waals surface area contributed by atoms with E-state index in [2.05, 4.69) is 9.97 Å². The average Bonchev–Trinajstić information content (AvgIpc) is 2.47. The fourth-order valence-electron chi connectivity index (χ4n) is 1.85. The second-order valence-corrected chi connectivity index (χ2v) is 4.26. The number of nitrogens with zero attached hydrogens (tertiary/aromatic N) is 4. The van der Waals surface area contributed by atoms with E-state index in [0.717, 1.165) is 11.4 Å². The van der Waals surface area contributed by atoms with E-state index >= 15 is 0 Å². The van der Waals surface area contributed by atoms with Crippen molar-refractivity contribution in [3.05, 3.63) is 41.9 Å². The Morgan fingerprint density at radius 1 is 1.25 bits per heavy atom. The predicted octanol–water partition coefficient (Wildman–Crippen LogP) is 2.82. The van der Waals surface area contributed by atoms with Crippen LogP contribution in [-0.4, -0.2) is 23.6 Å². The highest BCUT2D eigenvalue weighted by molar-refractivity contribution is 5.60. The third-order valence-electron chi connectivity index (χ3n) is 2.82. The van der Waals surface area contributed by atoms with Gasteiger partial charge in [-0.15, -0.1) is 0 Å². The minimum atomic E-state index is 0.366. The van der Waals surface area contributed by atoms with E-state index in [1.165, 1.54) is 0 Å². The van der Waals surface area contributed by atoms with Crippen LogP contribution in [0.4, 0.5) is 11.5 Å². The Morgan fingerprint density at radius 2 is 1.95 bits per heavy atom. The maximum atomic E-state index is 8.96. The topological polar surface area (TPSA) is 62.0 Å². The van der Waals surface area contributed by atoms with E-state index in [0.29, 0.717) is 23.9 Å². The SMILES string of the molecule is CCOc1ccc(N(C)c2cc(C#N)nc(C)n2)cc1. The molecular weight excluding hydrogens is 252 g/mol. The van der Waals surface area contributed by atoms with Gasteiger partial charge in [0.05, 0.1) is 6.61 Å². The van der Waals surface area contributed by atoms with Crippen LogP contribution in [-0.2, 0) is 0 Å². The number of rotatable bonds is 4. The summed E-state index contributed by atoms with van der Waals surface area (Å²) in [7, 11) is 1.90. The van der Waals surface area contributed by atoms with Gasteiger partial charge in [0.25, 0.3) is 0 Å². The highest BCUT2D eigenvalue weighted by Gasteiger charge is 2.08. The molecule has 2 aromatic rings. The number of aromatic nitrogens is 2. The van der Waals surface area contributed by atoms with Gasteiger partial charge in [0.1, 0.15) is 29.2 Å². The van der Waals surface area contributed by atoms with Crippen LogP contribution in [0.3, 0.4) is 0 Å². The largest absolute Gasteiger partial charge is 0.494 e. The number of anilines is 2.